The third kappa shape index (κ3) is 11.0. The van der Waals surface area contributed by atoms with E-state index in [0.29, 0.717) is 10.2 Å². The van der Waals surface area contributed by atoms with E-state index >= 15 is 0 Å². The molecule has 0 aromatic rings. The second-order valence-corrected chi connectivity index (χ2v) is 7.58. The van der Waals surface area contributed by atoms with Gasteiger partial charge in [0.05, 0.1) is 0 Å². The average Bonchev–Trinajstić information content (AvgIpc) is 2.14. The molecule has 0 aliphatic heterocycles. The number of rotatable bonds is 10. The Balaban J connectivity index is 3.36. The first kappa shape index (κ1) is 16.5. The van der Waals surface area contributed by atoms with Crippen LogP contribution in [0.15, 0.2) is 0 Å². The minimum absolute atomic E-state index is 0.520. The van der Waals surface area contributed by atoms with Crippen molar-refractivity contribution in [3.05, 3.63) is 0 Å². The van der Waals surface area contributed by atoms with Crippen molar-refractivity contribution in [2.75, 3.05) is 0 Å². The number of hydrogen-bond acceptors (Lipinski definition) is 0. The van der Waals surface area contributed by atoms with Gasteiger partial charge in [0.25, 0.3) is 0 Å². The van der Waals surface area contributed by atoms with Crippen LogP contribution in [-0.4, -0.2) is 4.83 Å². The zero-order chi connectivity index (χ0) is 12.4. The lowest BCUT2D eigenvalue weighted by Crippen LogP contribution is -2.15. The Bertz CT molecular complexity index is 150. The molecule has 0 spiro atoms. The van der Waals surface area contributed by atoms with Crippen molar-refractivity contribution in [2.24, 2.45) is 5.41 Å². The van der Waals surface area contributed by atoms with Gasteiger partial charge in [-0.1, -0.05) is 88.6 Å². The molecule has 0 saturated carbocycles. The quantitative estimate of drug-likeness (QED) is 0.326. The van der Waals surface area contributed by atoms with Crippen molar-refractivity contribution in [2.45, 2.75) is 90.3 Å². The summed E-state index contributed by atoms with van der Waals surface area (Å²) in [5.41, 5.74) is 0.520. The Hall–Kier alpha value is 0.480. The Labute approximate surface area is 112 Å². The third-order valence-corrected chi connectivity index (χ3v) is 3.61. The highest BCUT2D eigenvalue weighted by atomic mass is 79.9. The van der Waals surface area contributed by atoms with Gasteiger partial charge in [0.15, 0.2) is 0 Å². The highest BCUT2D eigenvalue weighted by Gasteiger charge is 2.19. The molecule has 98 valence electrons. The summed E-state index contributed by atoms with van der Waals surface area (Å²) in [5, 5.41) is 0. The van der Waals surface area contributed by atoms with Gasteiger partial charge in [0.2, 0.25) is 0 Å². The Morgan fingerprint density at radius 1 is 0.938 bits per heavy atom. The summed E-state index contributed by atoms with van der Waals surface area (Å²) in [7, 11) is 0. The van der Waals surface area contributed by atoms with Crippen molar-refractivity contribution in [1.82, 2.24) is 0 Å². The van der Waals surface area contributed by atoms with Crippen LogP contribution in [0.3, 0.4) is 0 Å². The van der Waals surface area contributed by atoms with Gasteiger partial charge in [0.1, 0.15) is 0 Å². The van der Waals surface area contributed by atoms with E-state index in [4.69, 9.17) is 0 Å². The third-order valence-electron chi connectivity index (χ3n) is 3.29. The Morgan fingerprint density at radius 2 is 1.44 bits per heavy atom. The molecule has 1 heteroatoms. The maximum absolute atomic E-state index is 3.66. The van der Waals surface area contributed by atoms with Gasteiger partial charge in [0, 0.05) is 4.83 Å². The molecule has 0 amide bonds. The molecule has 0 saturated heterocycles. The monoisotopic (exact) mass is 290 g/mol. The van der Waals surface area contributed by atoms with Crippen LogP contribution in [-0.2, 0) is 0 Å². The lowest BCUT2D eigenvalue weighted by Gasteiger charge is -2.26. The molecular weight excluding hydrogens is 260 g/mol. The smallest absolute Gasteiger partial charge is 0.0122 e. The van der Waals surface area contributed by atoms with Gasteiger partial charge in [-0.25, -0.2) is 0 Å². The van der Waals surface area contributed by atoms with Gasteiger partial charge in [-0.3, -0.25) is 0 Å². The second kappa shape index (κ2) is 9.50. The summed E-state index contributed by atoms with van der Waals surface area (Å²) < 4.78 is 0. The van der Waals surface area contributed by atoms with Crippen LogP contribution in [0.5, 0.6) is 0 Å². The molecule has 1 unspecified atom stereocenters. The zero-order valence-electron chi connectivity index (χ0n) is 11.8. The van der Waals surface area contributed by atoms with E-state index in [9.17, 15) is 0 Å². The molecule has 0 fully saturated rings. The summed E-state index contributed by atoms with van der Waals surface area (Å²) in [4.78, 5) is 0.659. The first-order valence-corrected chi connectivity index (χ1v) is 8.03. The number of hydrogen-bond donors (Lipinski definition) is 0. The molecule has 0 aliphatic carbocycles. The molecule has 16 heavy (non-hydrogen) atoms. The van der Waals surface area contributed by atoms with E-state index in [0.717, 1.165) is 0 Å². The van der Waals surface area contributed by atoms with E-state index in [1.165, 1.54) is 57.8 Å². The molecule has 0 aromatic heterocycles. The molecule has 0 nitrogen and oxygen atoms in total. The second-order valence-electron chi connectivity index (χ2n) is 6.02. The van der Waals surface area contributed by atoms with Gasteiger partial charge in [-0.2, -0.15) is 0 Å². The van der Waals surface area contributed by atoms with Gasteiger partial charge in [-0.15, -0.1) is 0 Å². The fourth-order valence-corrected chi connectivity index (χ4v) is 3.30. The lowest BCUT2D eigenvalue weighted by atomic mass is 9.82. The van der Waals surface area contributed by atoms with Crippen molar-refractivity contribution in [3.63, 3.8) is 0 Å². The van der Waals surface area contributed by atoms with Crippen molar-refractivity contribution in [1.29, 1.82) is 0 Å². The standard InChI is InChI=1S/C15H31Br/c1-5-6-7-8-9-10-11-12-15(3,4)13-14(2)16/h14H,5-13H2,1-4H3. The van der Waals surface area contributed by atoms with Crippen LogP contribution < -0.4 is 0 Å². The van der Waals surface area contributed by atoms with Crippen LogP contribution in [0.4, 0.5) is 0 Å². The highest BCUT2D eigenvalue weighted by molar-refractivity contribution is 9.09. The topological polar surface area (TPSA) is 0 Å². The summed E-state index contributed by atoms with van der Waals surface area (Å²) in [6.07, 6.45) is 12.6. The number of unbranched alkanes of at least 4 members (excludes halogenated alkanes) is 6. The van der Waals surface area contributed by atoms with Crippen LogP contribution in [0.1, 0.15) is 85.5 Å². The van der Waals surface area contributed by atoms with Crippen LogP contribution >= 0.6 is 15.9 Å². The lowest BCUT2D eigenvalue weighted by molar-refractivity contribution is 0.296. The first-order chi connectivity index (χ1) is 7.48. The van der Waals surface area contributed by atoms with Gasteiger partial charge >= 0.3 is 0 Å². The molecule has 0 aliphatic rings. The van der Waals surface area contributed by atoms with E-state index in [-0.39, 0.29) is 0 Å². The summed E-state index contributed by atoms with van der Waals surface area (Å²) in [6, 6.07) is 0. The fraction of sp³-hybridized carbons (Fsp3) is 1.00. The normalized spacial score (nSPS) is 14.1. The predicted octanol–water partition coefficient (Wildman–Crippen LogP) is 6.33. The van der Waals surface area contributed by atoms with Crippen molar-refractivity contribution in [3.8, 4) is 0 Å². The molecule has 0 radical (unpaired) electrons. The molecule has 0 bridgehead atoms. The van der Waals surface area contributed by atoms with Gasteiger partial charge < -0.3 is 0 Å². The molecule has 0 rings (SSSR count). The Morgan fingerprint density at radius 3 is 1.94 bits per heavy atom. The molecule has 1 atom stereocenters. The maximum Gasteiger partial charge on any atom is 0.0122 e. The molecule has 0 heterocycles. The number of halogens is 1. The SMILES string of the molecule is CCCCCCCCCC(C)(C)CC(C)Br. The largest absolute Gasteiger partial charge is 0.0893 e. The molecule has 0 N–H and O–H groups in total. The molecular formula is C15H31Br. The van der Waals surface area contributed by atoms with E-state index in [1.54, 1.807) is 0 Å². The van der Waals surface area contributed by atoms with E-state index in [2.05, 4.69) is 43.6 Å². The first-order valence-electron chi connectivity index (χ1n) is 7.12. The highest BCUT2D eigenvalue weighted by Crippen LogP contribution is 2.31. The summed E-state index contributed by atoms with van der Waals surface area (Å²) >= 11 is 3.66. The van der Waals surface area contributed by atoms with Crippen molar-refractivity contribution >= 4 is 15.9 Å². The van der Waals surface area contributed by atoms with Crippen LogP contribution in [0, 0.1) is 5.41 Å². The fourth-order valence-electron chi connectivity index (χ4n) is 2.42. The molecule has 0 aromatic carbocycles. The minimum Gasteiger partial charge on any atom is -0.0893 e. The zero-order valence-corrected chi connectivity index (χ0v) is 13.4. The number of alkyl halides is 1. The van der Waals surface area contributed by atoms with Crippen LogP contribution in [0.25, 0.3) is 0 Å². The van der Waals surface area contributed by atoms with E-state index < -0.39 is 0 Å². The van der Waals surface area contributed by atoms with Crippen molar-refractivity contribution < 1.29 is 0 Å². The van der Waals surface area contributed by atoms with Crippen LogP contribution in [0.2, 0.25) is 0 Å². The minimum atomic E-state index is 0.520. The summed E-state index contributed by atoms with van der Waals surface area (Å²) in [5.74, 6) is 0. The summed E-state index contributed by atoms with van der Waals surface area (Å²) in [6.45, 7) is 9.35. The predicted molar refractivity (Wildman–Crippen MR) is 79.4 cm³/mol. The average molecular weight is 291 g/mol. The Kier molecular flexibility index (Phi) is 9.79. The maximum atomic E-state index is 3.66. The van der Waals surface area contributed by atoms with Gasteiger partial charge in [-0.05, 0) is 18.3 Å². The van der Waals surface area contributed by atoms with E-state index in [1.807, 2.05) is 0 Å².